The summed E-state index contributed by atoms with van der Waals surface area (Å²) in [4.78, 5) is 0. The normalized spacial score (nSPS) is 16.6. The van der Waals surface area contributed by atoms with Gasteiger partial charge in [-0.25, -0.2) is 4.74 Å². The third kappa shape index (κ3) is 5.44. The van der Waals surface area contributed by atoms with Crippen molar-refractivity contribution in [3.63, 3.8) is 0 Å². The van der Waals surface area contributed by atoms with Crippen molar-refractivity contribution in [2.75, 3.05) is 6.61 Å². The van der Waals surface area contributed by atoms with Crippen LogP contribution in [0.1, 0.15) is 0 Å². The van der Waals surface area contributed by atoms with Crippen molar-refractivity contribution in [2.24, 2.45) is 0 Å². The molecule has 0 aliphatic rings. The molecule has 0 rings (SSSR count). The Hall–Kier alpha value is -1.53. The Morgan fingerprint density at radius 2 is 0.829 bits per heavy atom. The highest BCUT2D eigenvalue weighted by atomic mass is 32.2. The first-order valence-electron chi connectivity index (χ1n) is 7.03. The topological polar surface area (TPSA) is 52.6 Å². The van der Waals surface area contributed by atoms with Crippen LogP contribution in [0.2, 0.25) is 0 Å². The van der Waals surface area contributed by atoms with Gasteiger partial charge in [-0.1, -0.05) is 0 Å². The Morgan fingerprint density at radius 1 is 0.486 bits per heavy atom. The van der Waals surface area contributed by atoms with Gasteiger partial charge in [0.25, 0.3) is 0 Å². The first kappa shape index (κ1) is 33.5. The molecule has 0 saturated carbocycles. The van der Waals surface area contributed by atoms with Gasteiger partial charge in [0, 0.05) is 0 Å². The molecule has 0 spiro atoms. The smallest absolute Gasteiger partial charge is 0.256 e. The van der Waals surface area contributed by atoms with Crippen LogP contribution in [0.4, 0.5) is 87.8 Å². The fourth-order valence-electron chi connectivity index (χ4n) is 1.36. The van der Waals surface area contributed by atoms with E-state index in [1.165, 1.54) is 4.74 Å². The lowest BCUT2D eigenvalue weighted by Gasteiger charge is -2.40. The van der Waals surface area contributed by atoms with E-state index in [1.807, 2.05) is 0 Å². The molecule has 0 aromatic rings. The Labute approximate surface area is 176 Å². The lowest BCUT2D eigenvalue weighted by atomic mass is 9.97. The minimum atomic E-state index is -8.73. The third-order valence-corrected chi connectivity index (χ3v) is 4.26. The number of alkyl halides is 20. The van der Waals surface area contributed by atoms with Crippen LogP contribution in [-0.2, 0) is 19.0 Å². The fourth-order valence-corrected chi connectivity index (χ4v) is 1.79. The Morgan fingerprint density at radius 3 is 1.14 bits per heavy atom. The highest BCUT2D eigenvalue weighted by molar-refractivity contribution is 7.87. The van der Waals surface area contributed by atoms with Crippen LogP contribution in [0.15, 0.2) is 0 Å². The molecule has 0 aromatic heterocycles. The van der Waals surface area contributed by atoms with Crippen LogP contribution in [-0.4, -0.2) is 68.5 Å². The summed E-state index contributed by atoms with van der Waals surface area (Å²) in [5.41, 5.74) is -6.66. The summed E-state index contributed by atoms with van der Waals surface area (Å²) in [6.45, 7) is -3.93. The van der Waals surface area contributed by atoms with Gasteiger partial charge in [-0.3, -0.25) is 4.18 Å². The summed E-state index contributed by atoms with van der Waals surface area (Å²) in [6.07, 6.45) is -23.7. The van der Waals surface area contributed by atoms with E-state index in [0.717, 1.165) is 0 Å². The second-order valence-electron chi connectivity index (χ2n) is 5.80. The van der Waals surface area contributed by atoms with Gasteiger partial charge in [-0.05, 0) is 0 Å². The molecule has 212 valence electrons. The van der Waals surface area contributed by atoms with Crippen molar-refractivity contribution >= 4 is 10.1 Å². The monoisotopic (exact) mass is 598 g/mol. The van der Waals surface area contributed by atoms with Crippen LogP contribution >= 0.6 is 0 Å². The standard InChI is InChI=1S/C10H2F20O4S/c11-2(12,1-33-35(31,32)10(28,29)30)8(24,25)34-9(26,27)6(19,20)4(15,16)3(13,14)5(17,18)7(21,22)23/h1H2. The van der Waals surface area contributed by atoms with Crippen molar-refractivity contribution in [3.05, 3.63) is 0 Å². The predicted octanol–water partition coefficient (Wildman–Crippen LogP) is 5.79. The van der Waals surface area contributed by atoms with Crippen LogP contribution in [0.5, 0.6) is 0 Å². The van der Waals surface area contributed by atoms with E-state index in [1.54, 1.807) is 0 Å². The molecule has 0 aliphatic heterocycles. The summed E-state index contributed by atoms with van der Waals surface area (Å²) in [5, 5.41) is 0. The van der Waals surface area contributed by atoms with Crippen LogP contribution in [0.25, 0.3) is 0 Å². The lowest BCUT2D eigenvalue weighted by Crippen LogP contribution is -2.71. The maximum Gasteiger partial charge on any atom is 0.523 e. The minimum Gasteiger partial charge on any atom is -0.256 e. The molecule has 0 aliphatic carbocycles. The van der Waals surface area contributed by atoms with E-state index in [4.69, 9.17) is 0 Å². The molecular weight excluding hydrogens is 596 g/mol. The molecule has 25 heteroatoms. The summed E-state index contributed by atoms with van der Waals surface area (Å²) in [5.74, 6) is -41.2. The average Bonchev–Trinajstić information content (AvgIpc) is 2.56. The second-order valence-corrected chi connectivity index (χ2v) is 7.40. The molecule has 35 heavy (non-hydrogen) atoms. The van der Waals surface area contributed by atoms with E-state index >= 15 is 0 Å². The van der Waals surface area contributed by atoms with Crippen LogP contribution in [0, 0.1) is 0 Å². The van der Waals surface area contributed by atoms with E-state index < -0.39 is 70.2 Å². The first-order valence-corrected chi connectivity index (χ1v) is 8.44. The molecule has 4 nitrogen and oxygen atoms in total. The highest BCUT2D eigenvalue weighted by Gasteiger charge is 2.92. The van der Waals surface area contributed by atoms with Gasteiger partial charge in [0.15, 0.2) is 0 Å². The van der Waals surface area contributed by atoms with Crippen molar-refractivity contribution in [2.45, 2.75) is 53.5 Å². The van der Waals surface area contributed by atoms with Gasteiger partial charge in [-0.15, -0.1) is 0 Å². The molecule has 0 fully saturated rings. The van der Waals surface area contributed by atoms with Gasteiger partial charge in [0.2, 0.25) is 0 Å². The maximum absolute atomic E-state index is 13.2. The Balaban J connectivity index is 6.29. The summed E-state index contributed by atoms with van der Waals surface area (Å²) in [7, 11) is -7.25. The third-order valence-electron chi connectivity index (χ3n) is 3.27. The van der Waals surface area contributed by atoms with Crippen LogP contribution in [0.3, 0.4) is 0 Å². The number of rotatable bonds is 10. The van der Waals surface area contributed by atoms with Crippen molar-refractivity contribution < 1.29 is 105 Å². The number of ether oxygens (including phenoxy) is 1. The predicted molar refractivity (Wildman–Crippen MR) is 62.7 cm³/mol. The zero-order chi connectivity index (χ0) is 29.1. The number of halogens is 20. The Bertz CT molecular complexity index is 867. The molecule has 0 aromatic carbocycles. The lowest BCUT2D eigenvalue weighted by molar-refractivity contribution is -0.508. The van der Waals surface area contributed by atoms with Gasteiger partial charge in [0.05, 0.1) is 0 Å². The first-order chi connectivity index (χ1) is 14.7. The highest BCUT2D eigenvalue weighted by Crippen LogP contribution is 2.61. The number of hydrogen-bond donors (Lipinski definition) is 0. The maximum atomic E-state index is 13.2. The molecule has 0 atom stereocenters. The quantitative estimate of drug-likeness (QED) is 0.182. The molecule has 0 unspecified atom stereocenters. The van der Waals surface area contributed by atoms with E-state index in [-0.39, 0.29) is 0 Å². The SMILES string of the molecule is O=S(=O)(OCC(F)(F)C(F)(F)OC(F)(F)C(F)(F)C(F)(F)C(F)(F)C(F)(F)C(F)(F)F)C(F)(F)F. The van der Waals surface area contributed by atoms with E-state index in [0.29, 0.717) is 0 Å². The average molecular weight is 598 g/mol. The molecule has 0 heterocycles. The van der Waals surface area contributed by atoms with Crippen molar-refractivity contribution in [1.82, 2.24) is 0 Å². The molecule has 0 saturated heterocycles. The molecule has 0 bridgehead atoms. The van der Waals surface area contributed by atoms with Crippen LogP contribution < -0.4 is 0 Å². The molecule has 0 N–H and O–H groups in total. The molecular formula is C10H2F20O4S. The number of hydrogen-bond acceptors (Lipinski definition) is 4. The fraction of sp³-hybridized carbons (Fsp3) is 1.00. The van der Waals surface area contributed by atoms with Gasteiger partial charge in [0.1, 0.15) is 6.61 Å². The molecule has 0 radical (unpaired) electrons. The van der Waals surface area contributed by atoms with Gasteiger partial charge >= 0.3 is 63.6 Å². The van der Waals surface area contributed by atoms with Crippen molar-refractivity contribution in [1.29, 1.82) is 0 Å². The summed E-state index contributed by atoms with van der Waals surface area (Å²) >= 11 is 0. The van der Waals surface area contributed by atoms with Gasteiger partial charge < -0.3 is 0 Å². The van der Waals surface area contributed by atoms with E-state index in [9.17, 15) is 96.2 Å². The van der Waals surface area contributed by atoms with Crippen molar-refractivity contribution in [3.8, 4) is 0 Å². The summed E-state index contributed by atoms with van der Waals surface area (Å²) in [6, 6.07) is 0. The largest absolute Gasteiger partial charge is 0.523 e. The van der Waals surface area contributed by atoms with Gasteiger partial charge in [-0.2, -0.15) is 96.2 Å². The molecule has 0 amide bonds. The zero-order valence-electron chi connectivity index (χ0n) is 14.8. The summed E-state index contributed by atoms with van der Waals surface area (Å²) < 4.78 is 277. The van der Waals surface area contributed by atoms with E-state index in [2.05, 4.69) is 4.18 Å². The Kier molecular flexibility index (Phi) is 8.14. The second kappa shape index (κ2) is 8.51. The minimum absolute atomic E-state index is 1.22. The zero-order valence-corrected chi connectivity index (χ0v) is 15.6.